The molecule has 2 fully saturated rings. The van der Waals surface area contributed by atoms with Gasteiger partial charge in [-0.3, -0.25) is 0 Å². The normalized spacial score (nSPS) is 15.8. The van der Waals surface area contributed by atoms with Crippen LogP contribution in [0.3, 0.4) is 0 Å². The molecule has 0 heterocycles. The Morgan fingerprint density at radius 2 is 0.786 bits per heavy atom. The molecule has 0 radical (unpaired) electrons. The topological polar surface area (TPSA) is 105 Å². The minimum absolute atomic E-state index is 0.173. The summed E-state index contributed by atoms with van der Waals surface area (Å²) in [5.41, 5.74) is -0.774. The molecule has 5 rings (SSSR count). The monoisotopic (exact) mass is 570 g/mol. The summed E-state index contributed by atoms with van der Waals surface area (Å²) in [4.78, 5) is 54.0. The minimum atomic E-state index is -0.877. The summed E-state index contributed by atoms with van der Waals surface area (Å²) >= 11 is 0. The van der Waals surface area contributed by atoms with E-state index in [-0.39, 0.29) is 46.0 Å². The third kappa shape index (κ3) is 7.43. The standard InChI is InChI=1S/C34H34O8/c35-31(39-23-13-5-1-6-14-23)27-21-29(33(37)41-25-17-9-3-10-18-25)30(34(38)42-26-19-11-4-12-20-26)22-28(27)32(36)40-24-15-7-2-8-16-24/h1,3,5-6,9-10,13-14,17-18,21-22,24,26H,2,4,7-8,11-12,15-16,19-20H2. The SMILES string of the molecule is O=C(Oc1ccccc1)c1cc(C(=O)Oc2ccccc2)c(C(=O)OC2CCCCC2)cc1C(=O)OC1CCCCC1. The van der Waals surface area contributed by atoms with Gasteiger partial charge in [-0.05, 0) is 87.8 Å². The molecule has 0 N–H and O–H groups in total. The van der Waals surface area contributed by atoms with Gasteiger partial charge < -0.3 is 18.9 Å². The van der Waals surface area contributed by atoms with Gasteiger partial charge in [0.1, 0.15) is 23.7 Å². The molecule has 0 amide bonds. The van der Waals surface area contributed by atoms with E-state index in [0.29, 0.717) is 25.7 Å². The first-order valence-corrected chi connectivity index (χ1v) is 14.6. The second-order valence-corrected chi connectivity index (χ2v) is 10.7. The summed E-state index contributed by atoms with van der Waals surface area (Å²) in [6.07, 6.45) is 8.13. The molecule has 0 unspecified atom stereocenters. The number of hydrogen-bond acceptors (Lipinski definition) is 8. The van der Waals surface area contributed by atoms with Crippen LogP contribution in [0.25, 0.3) is 0 Å². The molecule has 218 valence electrons. The number of rotatable bonds is 8. The summed E-state index contributed by atoms with van der Waals surface area (Å²) < 4.78 is 22.7. The van der Waals surface area contributed by atoms with Gasteiger partial charge >= 0.3 is 23.9 Å². The Balaban J connectivity index is 1.55. The lowest BCUT2D eigenvalue weighted by Gasteiger charge is -2.24. The number of hydrogen-bond donors (Lipinski definition) is 0. The van der Waals surface area contributed by atoms with Crippen LogP contribution in [0.1, 0.15) is 106 Å². The number of benzene rings is 3. The van der Waals surface area contributed by atoms with E-state index >= 15 is 0 Å². The smallest absolute Gasteiger partial charge is 0.344 e. The van der Waals surface area contributed by atoms with Crippen molar-refractivity contribution in [1.82, 2.24) is 0 Å². The summed E-state index contributed by atoms with van der Waals surface area (Å²) in [6, 6.07) is 19.1. The van der Waals surface area contributed by atoms with E-state index in [0.717, 1.165) is 38.5 Å². The van der Waals surface area contributed by atoms with Crippen LogP contribution in [0.4, 0.5) is 0 Å². The lowest BCUT2D eigenvalue weighted by Crippen LogP contribution is -2.27. The predicted octanol–water partition coefficient (Wildman–Crippen LogP) is 7.10. The van der Waals surface area contributed by atoms with Crippen LogP contribution in [0.15, 0.2) is 72.8 Å². The van der Waals surface area contributed by atoms with E-state index in [2.05, 4.69) is 0 Å². The first-order valence-electron chi connectivity index (χ1n) is 14.6. The van der Waals surface area contributed by atoms with Gasteiger partial charge in [0.2, 0.25) is 0 Å². The highest BCUT2D eigenvalue weighted by molar-refractivity contribution is 6.11. The third-order valence-electron chi connectivity index (χ3n) is 7.60. The van der Waals surface area contributed by atoms with Crippen LogP contribution in [0, 0.1) is 0 Å². The van der Waals surface area contributed by atoms with Crippen molar-refractivity contribution < 1.29 is 38.1 Å². The Morgan fingerprint density at radius 3 is 1.14 bits per heavy atom. The van der Waals surface area contributed by atoms with Crippen LogP contribution in [0.2, 0.25) is 0 Å². The quantitative estimate of drug-likeness (QED) is 0.209. The van der Waals surface area contributed by atoms with Crippen molar-refractivity contribution in [3.8, 4) is 11.5 Å². The summed E-state index contributed by atoms with van der Waals surface area (Å²) in [6.45, 7) is 0. The fourth-order valence-electron chi connectivity index (χ4n) is 5.37. The average molecular weight is 571 g/mol. The van der Waals surface area contributed by atoms with Crippen LogP contribution in [-0.4, -0.2) is 36.1 Å². The Hall–Kier alpha value is -4.46. The summed E-state index contributed by atoms with van der Waals surface area (Å²) in [5.74, 6) is -2.78. The number of carbonyl (C=O) groups excluding carboxylic acids is 4. The molecular formula is C34H34O8. The van der Waals surface area contributed by atoms with E-state index in [9.17, 15) is 19.2 Å². The van der Waals surface area contributed by atoms with Gasteiger partial charge in [-0.15, -0.1) is 0 Å². The van der Waals surface area contributed by atoms with Gasteiger partial charge in [0.15, 0.2) is 0 Å². The Kier molecular flexibility index (Phi) is 9.64. The van der Waals surface area contributed by atoms with E-state index in [1.165, 1.54) is 12.1 Å². The van der Waals surface area contributed by atoms with Crippen molar-refractivity contribution in [2.75, 3.05) is 0 Å². The highest BCUT2D eigenvalue weighted by Crippen LogP contribution is 2.28. The lowest BCUT2D eigenvalue weighted by atomic mass is 9.95. The number of para-hydroxylation sites is 2. The second kappa shape index (κ2) is 13.9. The molecule has 0 saturated heterocycles. The molecule has 42 heavy (non-hydrogen) atoms. The highest BCUT2D eigenvalue weighted by Gasteiger charge is 2.31. The predicted molar refractivity (Wildman–Crippen MR) is 154 cm³/mol. The molecule has 0 aromatic heterocycles. The van der Waals surface area contributed by atoms with Crippen molar-refractivity contribution in [3.05, 3.63) is 95.1 Å². The molecule has 2 aliphatic rings. The zero-order valence-electron chi connectivity index (χ0n) is 23.4. The molecule has 8 nitrogen and oxygen atoms in total. The lowest BCUT2D eigenvalue weighted by molar-refractivity contribution is 0.0203. The Bertz CT molecular complexity index is 1300. The zero-order valence-corrected chi connectivity index (χ0v) is 23.4. The number of esters is 4. The maximum atomic E-state index is 13.5. The molecule has 0 atom stereocenters. The van der Waals surface area contributed by atoms with E-state index in [1.807, 2.05) is 0 Å². The fourth-order valence-corrected chi connectivity index (χ4v) is 5.37. The van der Waals surface area contributed by atoms with Gasteiger partial charge in [-0.1, -0.05) is 49.2 Å². The van der Waals surface area contributed by atoms with Gasteiger partial charge in [0, 0.05) is 0 Å². The van der Waals surface area contributed by atoms with Crippen molar-refractivity contribution in [1.29, 1.82) is 0 Å². The van der Waals surface area contributed by atoms with Crippen molar-refractivity contribution in [2.45, 2.75) is 76.4 Å². The molecule has 0 aliphatic heterocycles. The zero-order chi connectivity index (χ0) is 29.3. The van der Waals surface area contributed by atoms with E-state index < -0.39 is 23.9 Å². The fraction of sp³-hybridized carbons (Fsp3) is 0.353. The second-order valence-electron chi connectivity index (χ2n) is 10.7. The molecule has 0 spiro atoms. The van der Waals surface area contributed by atoms with Crippen LogP contribution >= 0.6 is 0 Å². The maximum absolute atomic E-state index is 13.5. The first kappa shape index (κ1) is 29.0. The van der Waals surface area contributed by atoms with E-state index in [1.54, 1.807) is 60.7 Å². The maximum Gasteiger partial charge on any atom is 0.344 e. The molecule has 2 saturated carbocycles. The number of carbonyl (C=O) groups is 4. The summed E-state index contributed by atoms with van der Waals surface area (Å²) in [7, 11) is 0. The largest absolute Gasteiger partial charge is 0.459 e. The highest BCUT2D eigenvalue weighted by atomic mass is 16.6. The summed E-state index contributed by atoms with van der Waals surface area (Å²) in [5, 5.41) is 0. The third-order valence-corrected chi connectivity index (χ3v) is 7.60. The Morgan fingerprint density at radius 1 is 0.452 bits per heavy atom. The average Bonchev–Trinajstić information content (AvgIpc) is 3.02. The van der Waals surface area contributed by atoms with Crippen LogP contribution in [-0.2, 0) is 9.47 Å². The van der Waals surface area contributed by atoms with Gasteiger partial charge in [-0.25, -0.2) is 19.2 Å². The van der Waals surface area contributed by atoms with Gasteiger partial charge in [0.05, 0.1) is 22.3 Å². The molecular weight excluding hydrogens is 536 g/mol. The van der Waals surface area contributed by atoms with Crippen LogP contribution < -0.4 is 9.47 Å². The van der Waals surface area contributed by atoms with Crippen molar-refractivity contribution in [2.24, 2.45) is 0 Å². The first-order chi connectivity index (χ1) is 20.5. The van der Waals surface area contributed by atoms with Gasteiger partial charge in [-0.2, -0.15) is 0 Å². The molecule has 2 aliphatic carbocycles. The Labute approximate surface area is 244 Å². The molecule has 0 bridgehead atoms. The number of ether oxygens (including phenoxy) is 4. The molecule has 8 heteroatoms. The van der Waals surface area contributed by atoms with Crippen molar-refractivity contribution in [3.63, 3.8) is 0 Å². The van der Waals surface area contributed by atoms with Gasteiger partial charge in [0.25, 0.3) is 0 Å². The van der Waals surface area contributed by atoms with Crippen molar-refractivity contribution >= 4 is 23.9 Å². The van der Waals surface area contributed by atoms with Crippen LogP contribution in [0.5, 0.6) is 11.5 Å². The molecule has 3 aromatic rings. The van der Waals surface area contributed by atoms with E-state index in [4.69, 9.17) is 18.9 Å². The molecule has 3 aromatic carbocycles. The minimum Gasteiger partial charge on any atom is -0.459 e.